The summed E-state index contributed by atoms with van der Waals surface area (Å²) >= 11 is 6.15. The van der Waals surface area contributed by atoms with E-state index in [0.717, 1.165) is 38.8 Å². The number of rotatable bonds is 3. The van der Waals surface area contributed by atoms with E-state index in [4.69, 9.17) is 11.6 Å². The first-order chi connectivity index (χ1) is 13.1. The van der Waals surface area contributed by atoms with Crippen molar-refractivity contribution in [2.24, 2.45) is 5.92 Å². The minimum atomic E-state index is -0.123. The van der Waals surface area contributed by atoms with E-state index in [1.807, 2.05) is 4.90 Å². The van der Waals surface area contributed by atoms with Gasteiger partial charge in [-0.1, -0.05) is 11.6 Å². The summed E-state index contributed by atoms with van der Waals surface area (Å²) in [4.78, 5) is 33.7. The van der Waals surface area contributed by atoms with Gasteiger partial charge in [-0.2, -0.15) is 5.10 Å². The lowest BCUT2D eigenvalue weighted by atomic mass is 9.95. The van der Waals surface area contributed by atoms with Gasteiger partial charge in [-0.3, -0.25) is 9.59 Å². The van der Waals surface area contributed by atoms with E-state index in [1.54, 1.807) is 34.1 Å². The Kier molecular flexibility index (Phi) is 5.11. The van der Waals surface area contributed by atoms with Crippen LogP contribution >= 0.6 is 11.6 Å². The average Bonchev–Trinajstić information content (AvgIpc) is 3.41. The summed E-state index contributed by atoms with van der Waals surface area (Å²) in [5.41, 5.74) is 1.11. The molecule has 2 aliphatic rings. The summed E-state index contributed by atoms with van der Waals surface area (Å²) in [5, 5.41) is 4.62. The van der Waals surface area contributed by atoms with E-state index in [1.165, 1.54) is 6.33 Å². The molecule has 0 saturated carbocycles. The smallest absolute Gasteiger partial charge is 0.256 e. The molecular formula is C19H22ClN5O2. The highest BCUT2D eigenvalue weighted by atomic mass is 35.5. The van der Waals surface area contributed by atoms with Gasteiger partial charge in [-0.05, 0) is 43.9 Å². The highest BCUT2D eigenvalue weighted by Crippen LogP contribution is 2.25. The first kappa shape index (κ1) is 18.0. The molecule has 7 nitrogen and oxygen atoms in total. The topological polar surface area (TPSA) is 71.3 Å². The third-order valence-electron chi connectivity index (χ3n) is 5.33. The van der Waals surface area contributed by atoms with Gasteiger partial charge in [0.25, 0.3) is 5.91 Å². The predicted octanol–water partition coefficient (Wildman–Crippen LogP) is 2.40. The van der Waals surface area contributed by atoms with Crippen molar-refractivity contribution in [1.82, 2.24) is 24.6 Å². The number of piperidine rings is 1. The van der Waals surface area contributed by atoms with Crippen molar-refractivity contribution >= 4 is 23.4 Å². The summed E-state index contributed by atoms with van der Waals surface area (Å²) in [6.07, 6.45) is 6.79. The van der Waals surface area contributed by atoms with Crippen molar-refractivity contribution in [1.29, 1.82) is 0 Å². The molecule has 0 bridgehead atoms. The van der Waals surface area contributed by atoms with E-state index in [-0.39, 0.29) is 17.7 Å². The van der Waals surface area contributed by atoms with E-state index in [9.17, 15) is 9.59 Å². The second-order valence-corrected chi connectivity index (χ2v) is 7.56. The quantitative estimate of drug-likeness (QED) is 0.810. The van der Waals surface area contributed by atoms with Gasteiger partial charge in [0.05, 0.1) is 17.2 Å². The lowest BCUT2D eigenvalue weighted by Crippen LogP contribution is -2.46. The van der Waals surface area contributed by atoms with Crippen molar-refractivity contribution in [3.05, 3.63) is 41.4 Å². The van der Waals surface area contributed by atoms with Crippen LogP contribution in [0.2, 0.25) is 5.02 Å². The number of nitrogens with zero attached hydrogens (tertiary/aromatic N) is 5. The molecule has 3 heterocycles. The van der Waals surface area contributed by atoms with Gasteiger partial charge in [-0.15, -0.1) is 0 Å². The van der Waals surface area contributed by atoms with Crippen LogP contribution in [0.15, 0.2) is 30.9 Å². The monoisotopic (exact) mass is 387 g/mol. The van der Waals surface area contributed by atoms with Crippen LogP contribution in [0.25, 0.3) is 5.69 Å². The molecule has 0 spiro atoms. The Balaban J connectivity index is 1.56. The van der Waals surface area contributed by atoms with Gasteiger partial charge in [0, 0.05) is 31.2 Å². The molecule has 2 amide bonds. The normalized spacial score (nSPS) is 20.1. The van der Waals surface area contributed by atoms with Crippen LogP contribution in [0, 0.1) is 5.92 Å². The third-order valence-corrected chi connectivity index (χ3v) is 5.57. The lowest BCUT2D eigenvalue weighted by Gasteiger charge is -2.34. The van der Waals surface area contributed by atoms with Crippen LogP contribution in [0.4, 0.5) is 0 Å². The first-order valence-corrected chi connectivity index (χ1v) is 9.74. The van der Waals surface area contributed by atoms with Gasteiger partial charge >= 0.3 is 0 Å². The molecular weight excluding hydrogens is 366 g/mol. The fraction of sp³-hybridized carbons (Fsp3) is 0.474. The van der Waals surface area contributed by atoms with Crippen molar-refractivity contribution in [2.45, 2.75) is 25.7 Å². The molecule has 8 heteroatoms. The molecule has 0 radical (unpaired) electrons. The third kappa shape index (κ3) is 3.69. The highest BCUT2D eigenvalue weighted by molar-refractivity contribution is 6.31. The lowest BCUT2D eigenvalue weighted by molar-refractivity contribution is -0.135. The van der Waals surface area contributed by atoms with Crippen molar-refractivity contribution < 1.29 is 9.59 Å². The molecule has 2 aromatic rings. The molecule has 2 aliphatic heterocycles. The molecule has 1 aromatic carbocycles. The maximum absolute atomic E-state index is 13.2. The Morgan fingerprint density at radius 3 is 2.59 bits per heavy atom. The molecule has 0 N–H and O–H groups in total. The Hall–Kier alpha value is -2.41. The first-order valence-electron chi connectivity index (χ1n) is 9.36. The van der Waals surface area contributed by atoms with Crippen molar-refractivity contribution in [3.8, 4) is 5.69 Å². The summed E-state index contributed by atoms with van der Waals surface area (Å²) < 4.78 is 1.56. The van der Waals surface area contributed by atoms with Crippen LogP contribution in [0.3, 0.4) is 0 Å². The number of amides is 2. The molecule has 1 aromatic heterocycles. The molecule has 27 heavy (non-hydrogen) atoms. The standard InChI is InChI=1S/C19H22ClN5O2/c20-15-5-6-17(25-13-21-12-22-25)16(10-15)19(27)24-9-3-4-14(11-24)18(26)23-7-1-2-8-23/h5-6,10,12-14H,1-4,7-9,11H2. The average molecular weight is 388 g/mol. The van der Waals surface area contributed by atoms with Gasteiger partial charge in [-0.25, -0.2) is 9.67 Å². The van der Waals surface area contributed by atoms with E-state index in [2.05, 4.69) is 10.1 Å². The van der Waals surface area contributed by atoms with Crippen molar-refractivity contribution in [3.63, 3.8) is 0 Å². The van der Waals surface area contributed by atoms with E-state index in [0.29, 0.717) is 29.4 Å². The van der Waals surface area contributed by atoms with Crippen LogP contribution < -0.4 is 0 Å². The fourth-order valence-electron chi connectivity index (χ4n) is 3.94. The Morgan fingerprint density at radius 2 is 1.85 bits per heavy atom. The zero-order valence-corrected chi connectivity index (χ0v) is 15.8. The molecule has 2 fully saturated rings. The minimum Gasteiger partial charge on any atom is -0.342 e. The molecule has 2 saturated heterocycles. The molecule has 142 valence electrons. The van der Waals surface area contributed by atoms with Crippen LogP contribution in [-0.4, -0.2) is 62.6 Å². The molecule has 1 unspecified atom stereocenters. The van der Waals surface area contributed by atoms with E-state index >= 15 is 0 Å². The SMILES string of the molecule is O=C(c1cc(Cl)ccc1-n1cncn1)N1CCCC(C(=O)N2CCCC2)C1. The van der Waals surface area contributed by atoms with Crippen LogP contribution in [0.5, 0.6) is 0 Å². The van der Waals surface area contributed by atoms with Crippen LogP contribution in [-0.2, 0) is 4.79 Å². The zero-order chi connectivity index (χ0) is 18.8. The molecule has 4 rings (SSSR count). The fourth-order valence-corrected chi connectivity index (χ4v) is 4.11. The van der Waals surface area contributed by atoms with Gasteiger partial charge in [0.1, 0.15) is 12.7 Å². The van der Waals surface area contributed by atoms with Gasteiger partial charge in [0.2, 0.25) is 5.91 Å². The van der Waals surface area contributed by atoms with Gasteiger partial charge < -0.3 is 9.80 Å². The van der Waals surface area contributed by atoms with Gasteiger partial charge in [0.15, 0.2) is 0 Å². The number of benzene rings is 1. The maximum Gasteiger partial charge on any atom is 0.256 e. The maximum atomic E-state index is 13.2. The number of carbonyl (C=O) groups is 2. The highest BCUT2D eigenvalue weighted by Gasteiger charge is 2.33. The van der Waals surface area contributed by atoms with Crippen LogP contribution in [0.1, 0.15) is 36.0 Å². The second-order valence-electron chi connectivity index (χ2n) is 7.12. The minimum absolute atomic E-state index is 0.116. The molecule has 1 atom stereocenters. The Labute approximate surface area is 162 Å². The van der Waals surface area contributed by atoms with Crippen molar-refractivity contribution in [2.75, 3.05) is 26.2 Å². The Morgan fingerprint density at radius 1 is 1.07 bits per heavy atom. The number of hydrogen-bond acceptors (Lipinski definition) is 4. The van der Waals surface area contributed by atoms with E-state index < -0.39 is 0 Å². The summed E-state index contributed by atoms with van der Waals surface area (Å²) in [6, 6.07) is 5.15. The number of hydrogen-bond donors (Lipinski definition) is 0. The Bertz CT molecular complexity index is 833. The number of aromatic nitrogens is 3. The second kappa shape index (κ2) is 7.68. The largest absolute Gasteiger partial charge is 0.342 e. The summed E-state index contributed by atoms with van der Waals surface area (Å²) in [6.45, 7) is 2.78. The number of likely N-dealkylation sites (tertiary alicyclic amines) is 2. The summed E-state index contributed by atoms with van der Waals surface area (Å²) in [7, 11) is 0. The molecule has 0 aliphatic carbocycles. The zero-order valence-electron chi connectivity index (χ0n) is 15.1. The predicted molar refractivity (Wildman–Crippen MR) is 101 cm³/mol. The summed E-state index contributed by atoms with van der Waals surface area (Å²) in [5.74, 6) is -0.0516. The number of carbonyl (C=O) groups excluding carboxylic acids is 2. The number of halogens is 1.